The average molecular weight is 173 g/mol. The van der Waals surface area contributed by atoms with Crippen molar-refractivity contribution >= 4 is 17.5 Å². The van der Waals surface area contributed by atoms with Crippen LogP contribution in [0, 0.1) is 0 Å². The zero-order chi connectivity index (χ0) is 8.69. The van der Waals surface area contributed by atoms with Crippen molar-refractivity contribution in [3.63, 3.8) is 0 Å². The van der Waals surface area contributed by atoms with Crippen LogP contribution >= 0.6 is 11.6 Å². The number of hydrogen-bond acceptors (Lipinski definition) is 2. The molecule has 0 saturated carbocycles. The van der Waals surface area contributed by atoms with E-state index in [2.05, 4.69) is 16.6 Å². The smallest absolute Gasteiger partial charge is 0.250 e. The molecule has 0 aliphatic carbocycles. The first kappa shape index (κ1) is 9.91. The molecule has 1 aromatic rings. The second-order valence-electron chi connectivity index (χ2n) is 1.61. The fraction of sp³-hybridized carbons (Fsp3) is 0.143. The van der Waals surface area contributed by atoms with Gasteiger partial charge in [-0.3, -0.25) is 9.78 Å². The van der Waals surface area contributed by atoms with Crippen molar-refractivity contribution in [1.29, 1.82) is 0 Å². The molecule has 0 aliphatic heterocycles. The maximum atomic E-state index is 10.4. The van der Waals surface area contributed by atoms with Crippen LogP contribution in [0.5, 0.6) is 0 Å². The Kier molecular flexibility index (Phi) is 5.11. The Hall–Kier alpha value is -1.09. The van der Waals surface area contributed by atoms with Gasteiger partial charge in [0.25, 0.3) is 0 Å². The van der Waals surface area contributed by atoms with Crippen molar-refractivity contribution in [2.24, 2.45) is 5.73 Å². The molecule has 1 amide bonds. The first-order valence-corrected chi connectivity index (χ1v) is 3.64. The van der Waals surface area contributed by atoms with Gasteiger partial charge in [-0.2, -0.15) is 0 Å². The summed E-state index contributed by atoms with van der Waals surface area (Å²) in [6.07, 6.45) is 4.49. The normalized spacial score (nSPS) is 7.82. The van der Waals surface area contributed by atoms with E-state index in [1.54, 1.807) is 18.3 Å². The van der Waals surface area contributed by atoms with Gasteiger partial charge in [-0.1, -0.05) is 0 Å². The van der Waals surface area contributed by atoms with E-state index >= 15 is 0 Å². The highest BCUT2D eigenvalue weighted by molar-refractivity contribution is 6.15. The molecule has 0 aliphatic rings. The van der Waals surface area contributed by atoms with E-state index in [0.717, 1.165) is 0 Å². The van der Waals surface area contributed by atoms with Gasteiger partial charge >= 0.3 is 0 Å². The van der Waals surface area contributed by atoms with Crippen molar-refractivity contribution in [1.82, 2.24) is 4.98 Å². The first-order valence-electron chi connectivity index (χ1n) is 2.88. The second-order valence-corrected chi connectivity index (χ2v) is 1.61. The molecule has 2 N–H and O–H groups in total. The number of alkyl halides is 1. The molecule has 0 saturated heterocycles. The summed E-state index contributed by atoms with van der Waals surface area (Å²) in [5.74, 6) is -0.442. The third-order valence-electron chi connectivity index (χ3n) is 0.946. The standard InChI is InChI=1S/C6H6N2O.CH3Cl/c7-6(9)5-2-1-3-8-4-5;1-2/h1-4H,(H2,7,9);1H3. The van der Waals surface area contributed by atoms with Crippen molar-refractivity contribution in [2.75, 3.05) is 6.38 Å². The summed E-state index contributed by atoms with van der Waals surface area (Å²) in [5.41, 5.74) is 5.38. The van der Waals surface area contributed by atoms with Gasteiger partial charge in [0.2, 0.25) is 5.91 Å². The lowest BCUT2D eigenvalue weighted by molar-refractivity contribution is 0.1000. The molecule has 0 bridgehead atoms. The lowest BCUT2D eigenvalue weighted by Gasteiger charge is -1.88. The van der Waals surface area contributed by atoms with E-state index in [9.17, 15) is 4.79 Å². The van der Waals surface area contributed by atoms with E-state index in [-0.39, 0.29) is 0 Å². The van der Waals surface area contributed by atoms with Crippen LogP contribution in [0.4, 0.5) is 0 Å². The van der Waals surface area contributed by atoms with Gasteiger partial charge in [-0.25, -0.2) is 0 Å². The van der Waals surface area contributed by atoms with E-state index < -0.39 is 5.91 Å². The van der Waals surface area contributed by atoms with Crippen molar-refractivity contribution in [3.8, 4) is 0 Å². The Labute approximate surface area is 70.2 Å². The number of hydrogen-bond donors (Lipinski definition) is 1. The molecule has 0 unspecified atom stereocenters. The fourth-order valence-corrected chi connectivity index (χ4v) is 0.509. The minimum Gasteiger partial charge on any atom is -0.366 e. The SMILES string of the molecule is CCl.NC(=O)c1cccnc1. The number of nitrogens with zero attached hydrogens (tertiary/aromatic N) is 1. The van der Waals surface area contributed by atoms with Crippen LogP contribution in [0.2, 0.25) is 0 Å². The van der Waals surface area contributed by atoms with Gasteiger partial charge in [0.15, 0.2) is 0 Å². The minimum atomic E-state index is -0.442. The van der Waals surface area contributed by atoms with Crippen LogP contribution in [0.3, 0.4) is 0 Å². The molecule has 0 fully saturated rings. The molecule has 1 rings (SSSR count). The van der Waals surface area contributed by atoms with Gasteiger partial charge in [0, 0.05) is 18.8 Å². The van der Waals surface area contributed by atoms with E-state index in [1.807, 2.05) is 0 Å². The Morgan fingerprint density at radius 1 is 1.64 bits per heavy atom. The highest BCUT2D eigenvalue weighted by Crippen LogP contribution is 1.91. The van der Waals surface area contributed by atoms with Crippen molar-refractivity contribution in [2.45, 2.75) is 0 Å². The maximum Gasteiger partial charge on any atom is 0.250 e. The molecule has 1 heterocycles. The average Bonchev–Trinajstić information content (AvgIpc) is 2.10. The second kappa shape index (κ2) is 5.68. The predicted octanol–water partition coefficient (Wildman–Crippen LogP) is 1.04. The summed E-state index contributed by atoms with van der Waals surface area (Å²) >= 11 is 4.64. The number of nitrogens with two attached hydrogens (primary N) is 1. The van der Waals surface area contributed by atoms with Crippen LogP contribution in [0.1, 0.15) is 10.4 Å². The lowest BCUT2D eigenvalue weighted by Crippen LogP contribution is -2.10. The van der Waals surface area contributed by atoms with E-state index in [1.165, 1.54) is 12.6 Å². The Morgan fingerprint density at radius 3 is 2.55 bits per heavy atom. The maximum absolute atomic E-state index is 10.4. The van der Waals surface area contributed by atoms with Crippen molar-refractivity contribution in [3.05, 3.63) is 30.1 Å². The molecule has 3 nitrogen and oxygen atoms in total. The Bertz CT molecular complexity index is 213. The van der Waals surface area contributed by atoms with Crippen LogP contribution < -0.4 is 5.73 Å². The quantitative estimate of drug-likeness (QED) is 0.644. The van der Waals surface area contributed by atoms with E-state index in [4.69, 9.17) is 5.73 Å². The van der Waals surface area contributed by atoms with Gasteiger partial charge in [-0.05, 0) is 12.1 Å². The largest absolute Gasteiger partial charge is 0.366 e. The zero-order valence-corrected chi connectivity index (χ0v) is 6.88. The Balaban J connectivity index is 0.000000461. The minimum absolute atomic E-state index is 0.442. The van der Waals surface area contributed by atoms with Gasteiger partial charge in [0.1, 0.15) is 0 Å². The van der Waals surface area contributed by atoms with Crippen LogP contribution in [-0.4, -0.2) is 17.3 Å². The summed E-state index contributed by atoms with van der Waals surface area (Å²) < 4.78 is 0. The van der Waals surface area contributed by atoms with Crippen LogP contribution in [0.15, 0.2) is 24.5 Å². The van der Waals surface area contributed by atoms with Crippen LogP contribution in [-0.2, 0) is 0 Å². The number of halogens is 1. The number of pyridine rings is 1. The summed E-state index contributed by atoms with van der Waals surface area (Å²) in [7, 11) is 0. The highest BCUT2D eigenvalue weighted by Gasteiger charge is 1.94. The molecule has 4 heteroatoms. The molecule has 60 valence electrons. The number of carbonyl (C=O) groups excluding carboxylic acids is 1. The monoisotopic (exact) mass is 172 g/mol. The fourth-order valence-electron chi connectivity index (χ4n) is 0.509. The van der Waals surface area contributed by atoms with E-state index in [0.29, 0.717) is 5.56 Å². The number of carbonyl (C=O) groups is 1. The first-order chi connectivity index (χ1) is 5.30. The molecule has 1 aromatic heterocycles. The number of aromatic nitrogens is 1. The molecule has 0 radical (unpaired) electrons. The third kappa shape index (κ3) is 3.57. The molecular weight excluding hydrogens is 164 g/mol. The highest BCUT2D eigenvalue weighted by atomic mass is 35.5. The lowest BCUT2D eigenvalue weighted by atomic mass is 10.3. The number of rotatable bonds is 1. The summed E-state index contributed by atoms with van der Waals surface area (Å²) in [5, 5.41) is 0. The molecule has 0 aromatic carbocycles. The molecule has 0 spiro atoms. The molecule has 0 atom stereocenters. The Morgan fingerprint density at radius 2 is 2.27 bits per heavy atom. The van der Waals surface area contributed by atoms with Crippen molar-refractivity contribution < 1.29 is 4.79 Å². The molecular formula is C7H9ClN2O. The zero-order valence-electron chi connectivity index (χ0n) is 6.12. The topological polar surface area (TPSA) is 56.0 Å². The number of primary amides is 1. The molecule has 11 heavy (non-hydrogen) atoms. The van der Waals surface area contributed by atoms with Gasteiger partial charge < -0.3 is 5.73 Å². The predicted molar refractivity (Wildman–Crippen MR) is 44.5 cm³/mol. The van der Waals surface area contributed by atoms with Gasteiger partial charge in [0.05, 0.1) is 5.56 Å². The summed E-state index contributed by atoms with van der Waals surface area (Å²) in [6.45, 7) is 0. The number of amides is 1. The van der Waals surface area contributed by atoms with Crippen LogP contribution in [0.25, 0.3) is 0 Å². The summed E-state index contributed by atoms with van der Waals surface area (Å²) in [6, 6.07) is 3.29. The third-order valence-corrected chi connectivity index (χ3v) is 0.946. The summed E-state index contributed by atoms with van der Waals surface area (Å²) in [4.78, 5) is 14.1. The van der Waals surface area contributed by atoms with Gasteiger partial charge in [-0.15, -0.1) is 11.6 Å².